The third kappa shape index (κ3) is 1.49. The van der Waals surface area contributed by atoms with Crippen molar-refractivity contribution in [3.05, 3.63) is 36.3 Å². The molecule has 2 aromatic rings. The minimum Gasteiger partial charge on any atom is -0.396 e. The van der Waals surface area contributed by atoms with Crippen LogP contribution in [0.1, 0.15) is 11.6 Å². The average molecular weight is 191 g/mol. The molecule has 4 heteroatoms. The maximum absolute atomic E-state index is 9.08. The number of fused-ring (bicyclic) bond motifs is 1. The van der Waals surface area contributed by atoms with E-state index in [1.807, 2.05) is 35.0 Å². The minimum atomic E-state index is -0.0603. The zero-order valence-corrected chi connectivity index (χ0v) is 7.80. The predicted octanol–water partition coefficient (Wildman–Crippen LogP) is 0.369. The average Bonchev–Trinajstić information content (AvgIpc) is 2.63. The van der Waals surface area contributed by atoms with Gasteiger partial charge in [-0.05, 0) is 12.1 Å². The van der Waals surface area contributed by atoms with Crippen LogP contribution in [0.25, 0.3) is 5.65 Å². The van der Waals surface area contributed by atoms with Crippen molar-refractivity contribution in [3.63, 3.8) is 0 Å². The van der Waals surface area contributed by atoms with Crippen LogP contribution in [0.4, 0.5) is 0 Å². The molecule has 0 aliphatic rings. The van der Waals surface area contributed by atoms with E-state index in [-0.39, 0.29) is 12.5 Å². The monoisotopic (exact) mass is 191 g/mol. The smallest absolute Gasteiger partial charge is 0.136 e. The van der Waals surface area contributed by atoms with Gasteiger partial charge >= 0.3 is 0 Å². The van der Waals surface area contributed by atoms with Gasteiger partial charge in [-0.3, -0.25) is 0 Å². The minimum absolute atomic E-state index is 0.0420. The molecule has 14 heavy (non-hydrogen) atoms. The van der Waals surface area contributed by atoms with Crippen molar-refractivity contribution in [1.82, 2.24) is 9.38 Å². The molecule has 2 aromatic heterocycles. The van der Waals surface area contributed by atoms with Gasteiger partial charge in [0, 0.05) is 24.9 Å². The Hall–Kier alpha value is -1.39. The number of aliphatic hydroxyl groups excluding tert-OH is 1. The van der Waals surface area contributed by atoms with Crippen molar-refractivity contribution in [2.24, 2.45) is 5.73 Å². The molecule has 0 amide bonds. The van der Waals surface area contributed by atoms with Crippen LogP contribution >= 0.6 is 0 Å². The highest BCUT2D eigenvalue weighted by atomic mass is 16.3. The number of aromatic nitrogens is 2. The van der Waals surface area contributed by atoms with Crippen LogP contribution in [0.15, 0.2) is 30.6 Å². The molecule has 1 unspecified atom stereocenters. The van der Waals surface area contributed by atoms with E-state index in [2.05, 4.69) is 4.98 Å². The summed E-state index contributed by atoms with van der Waals surface area (Å²) in [7, 11) is 0. The number of pyridine rings is 1. The Morgan fingerprint density at radius 3 is 3.00 bits per heavy atom. The summed E-state index contributed by atoms with van der Waals surface area (Å²) >= 11 is 0. The summed E-state index contributed by atoms with van der Waals surface area (Å²) in [6.07, 6.45) is 3.83. The number of imidazole rings is 1. The molecule has 0 bridgehead atoms. The van der Waals surface area contributed by atoms with Crippen LogP contribution < -0.4 is 5.73 Å². The lowest BCUT2D eigenvalue weighted by Crippen LogP contribution is -2.16. The van der Waals surface area contributed by atoms with E-state index in [0.29, 0.717) is 6.54 Å². The van der Waals surface area contributed by atoms with Crippen LogP contribution in [0.3, 0.4) is 0 Å². The first-order chi connectivity index (χ1) is 6.85. The molecule has 74 valence electrons. The Kier molecular flexibility index (Phi) is 2.47. The summed E-state index contributed by atoms with van der Waals surface area (Å²) in [5, 5.41) is 9.08. The molecule has 3 N–H and O–H groups in total. The maximum atomic E-state index is 9.08. The Balaban J connectivity index is 2.43. The second-order valence-corrected chi connectivity index (χ2v) is 3.25. The van der Waals surface area contributed by atoms with Crippen LogP contribution in [0.2, 0.25) is 0 Å². The molecule has 0 saturated carbocycles. The molecule has 0 spiro atoms. The third-order valence-electron chi connectivity index (χ3n) is 2.31. The van der Waals surface area contributed by atoms with Gasteiger partial charge in [-0.15, -0.1) is 0 Å². The van der Waals surface area contributed by atoms with Gasteiger partial charge in [0.1, 0.15) is 5.65 Å². The molecule has 0 radical (unpaired) electrons. The molecule has 0 aliphatic heterocycles. The first-order valence-corrected chi connectivity index (χ1v) is 4.59. The molecular weight excluding hydrogens is 178 g/mol. The molecule has 2 rings (SSSR count). The van der Waals surface area contributed by atoms with Crippen molar-refractivity contribution in [2.75, 3.05) is 13.2 Å². The normalized spacial score (nSPS) is 13.3. The standard InChI is InChI=1S/C10H13N3O/c11-5-8(7-14)9-6-13-4-2-1-3-10(13)12-9/h1-4,6,8,14H,5,7,11H2. The number of nitrogens with zero attached hydrogens (tertiary/aromatic N) is 2. The van der Waals surface area contributed by atoms with E-state index < -0.39 is 0 Å². The SMILES string of the molecule is NCC(CO)c1cn2ccccc2n1. The number of aliphatic hydroxyl groups is 1. The molecule has 2 heterocycles. The van der Waals surface area contributed by atoms with E-state index >= 15 is 0 Å². The maximum Gasteiger partial charge on any atom is 0.136 e. The summed E-state index contributed by atoms with van der Waals surface area (Å²) in [6, 6.07) is 5.80. The first kappa shape index (κ1) is 9.18. The highest BCUT2D eigenvalue weighted by Gasteiger charge is 2.11. The number of nitrogens with two attached hydrogens (primary N) is 1. The number of rotatable bonds is 3. The van der Waals surface area contributed by atoms with Crippen molar-refractivity contribution in [2.45, 2.75) is 5.92 Å². The van der Waals surface area contributed by atoms with E-state index in [4.69, 9.17) is 10.8 Å². The van der Waals surface area contributed by atoms with Crippen LogP contribution in [0, 0.1) is 0 Å². The van der Waals surface area contributed by atoms with Crippen molar-refractivity contribution < 1.29 is 5.11 Å². The molecule has 1 atom stereocenters. The highest BCUT2D eigenvalue weighted by Crippen LogP contribution is 2.13. The first-order valence-electron chi connectivity index (χ1n) is 4.59. The van der Waals surface area contributed by atoms with Gasteiger partial charge in [0.15, 0.2) is 0 Å². The van der Waals surface area contributed by atoms with Gasteiger partial charge in [-0.1, -0.05) is 6.07 Å². The summed E-state index contributed by atoms with van der Waals surface area (Å²) in [4.78, 5) is 4.38. The molecule has 0 aliphatic carbocycles. The Labute approximate surface area is 82.0 Å². The number of hydrogen-bond acceptors (Lipinski definition) is 3. The second kappa shape index (κ2) is 3.77. The quantitative estimate of drug-likeness (QED) is 0.736. The van der Waals surface area contributed by atoms with Gasteiger partial charge in [0.2, 0.25) is 0 Å². The Morgan fingerprint density at radius 2 is 2.36 bits per heavy atom. The van der Waals surface area contributed by atoms with E-state index in [0.717, 1.165) is 11.3 Å². The Morgan fingerprint density at radius 1 is 1.50 bits per heavy atom. The number of hydrogen-bond donors (Lipinski definition) is 2. The lowest BCUT2D eigenvalue weighted by molar-refractivity contribution is 0.266. The summed E-state index contributed by atoms with van der Waals surface area (Å²) < 4.78 is 1.92. The lowest BCUT2D eigenvalue weighted by Gasteiger charge is -2.06. The van der Waals surface area contributed by atoms with Gasteiger partial charge < -0.3 is 15.2 Å². The summed E-state index contributed by atoms with van der Waals surface area (Å²) in [6.45, 7) is 0.459. The predicted molar refractivity (Wildman–Crippen MR) is 54.1 cm³/mol. The topological polar surface area (TPSA) is 63.5 Å². The fourth-order valence-electron chi connectivity index (χ4n) is 1.44. The molecule has 0 saturated heterocycles. The third-order valence-corrected chi connectivity index (χ3v) is 2.31. The van der Waals surface area contributed by atoms with E-state index in [1.54, 1.807) is 0 Å². The van der Waals surface area contributed by atoms with Crippen LogP contribution in [-0.4, -0.2) is 27.6 Å². The largest absolute Gasteiger partial charge is 0.396 e. The summed E-state index contributed by atoms with van der Waals surface area (Å²) in [5.74, 6) is -0.0603. The Bertz CT molecular complexity index is 387. The zero-order chi connectivity index (χ0) is 9.97. The molecule has 4 nitrogen and oxygen atoms in total. The van der Waals surface area contributed by atoms with E-state index in [1.165, 1.54) is 0 Å². The van der Waals surface area contributed by atoms with Gasteiger partial charge in [-0.25, -0.2) is 4.98 Å². The molecule has 0 aromatic carbocycles. The lowest BCUT2D eigenvalue weighted by atomic mass is 10.1. The van der Waals surface area contributed by atoms with Crippen molar-refractivity contribution in [3.8, 4) is 0 Å². The fourth-order valence-corrected chi connectivity index (χ4v) is 1.44. The fraction of sp³-hybridized carbons (Fsp3) is 0.300. The summed E-state index contributed by atoms with van der Waals surface area (Å²) in [5.41, 5.74) is 7.26. The van der Waals surface area contributed by atoms with Gasteiger partial charge in [-0.2, -0.15) is 0 Å². The van der Waals surface area contributed by atoms with Crippen LogP contribution in [0.5, 0.6) is 0 Å². The van der Waals surface area contributed by atoms with Gasteiger partial charge in [0.05, 0.1) is 12.3 Å². The second-order valence-electron chi connectivity index (χ2n) is 3.25. The van der Waals surface area contributed by atoms with Crippen molar-refractivity contribution >= 4 is 5.65 Å². The zero-order valence-electron chi connectivity index (χ0n) is 7.80. The molecular formula is C10H13N3O. The highest BCUT2D eigenvalue weighted by molar-refractivity contribution is 5.40. The van der Waals surface area contributed by atoms with Crippen molar-refractivity contribution in [1.29, 1.82) is 0 Å². The van der Waals surface area contributed by atoms with Gasteiger partial charge in [0.25, 0.3) is 0 Å². The van der Waals surface area contributed by atoms with Crippen LogP contribution in [-0.2, 0) is 0 Å². The molecule has 0 fully saturated rings. The van der Waals surface area contributed by atoms with E-state index in [9.17, 15) is 0 Å².